The van der Waals surface area contributed by atoms with E-state index in [1.165, 1.54) is 25.2 Å². The molecule has 7 nitrogen and oxygen atoms in total. The van der Waals surface area contributed by atoms with Crippen LogP contribution in [0.3, 0.4) is 0 Å². The van der Waals surface area contributed by atoms with Crippen molar-refractivity contribution in [1.29, 1.82) is 0 Å². The second-order valence-electron chi connectivity index (χ2n) is 5.18. The number of rotatable bonds is 4. The Morgan fingerprint density at radius 2 is 1.68 bits per heavy atom. The molecule has 1 aliphatic rings. The summed E-state index contributed by atoms with van der Waals surface area (Å²) in [5, 5.41) is 0.183. The number of hydrogen-bond acceptors (Lipinski definition) is 5. The number of anilines is 1. The summed E-state index contributed by atoms with van der Waals surface area (Å²) in [6.07, 6.45) is 0. The highest BCUT2D eigenvalue weighted by atomic mass is 35.5. The summed E-state index contributed by atoms with van der Waals surface area (Å²) < 4.78 is 10.8. The van der Waals surface area contributed by atoms with E-state index in [1.54, 1.807) is 31.4 Å². The van der Waals surface area contributed by atoms with Gasteiger partial charge in [0.2, 0.25) is 0 Å². The molecule has 4 amide bonds. The molecule has 0 bridgehead atoms. The van der Waals surface area contributed by atoms with E-state index in [4.69, 9.17) is 21.1 Å². The molecule has 0 aliphatic carbocycles. The highest BCUT2D eigenvalue weighted by molar-refractivity contribution is 6.52. The van der Waals surface area contributed by atoms with Gasteiger partial charge in [-0.05, 0) is 30.3 Å². The van der Waals surface area contributed by atoms with Crippen LogP contribution in [0.15, 0.2) is 42.5 Å². The van der Waals surface area contributed by atoms with Crippen LogP contribution in [-0.2, 0) is 9.59 Å². The Kier molecular flexibility index (Phi) is 4.33. The minimum Gasteiger partial charge on any atom is -0.497 e. The zero-order valence-corrected chi connectivity index (χ0v) is 14.1. The summed E-state index contributed by atoms with van der Waals surface area (Å²) in [6.45, 7) is 0. The number of likely N-dealkylation sites (N-methyl/N-ethyl adjacent to an activating group) is 1. The third kappa shape index (κ3) is 3.01. The Hall–Kier alpha value is -3.06. The van der Waals surface area contributed by atoms with Gasteiger partial charge in [-0.2, -0.15) is 0 Å². The van der Waals surface area contributed by atoms with Gasteiger partial charge in [-0.3, -0.25) is 14.5 Å². The van der Waals surface area contributed by atoms with Crippen molar-refractivity contribution in [1.82, 2.24) is 4.90 Å². The molecule has 0 radical (unpaired) electrons. The number of carbonyl (C=O) groups excluding carboxylic acids is 3. The van der Waals surface area contributed by atoms with Gasteiger partial charge >= 0.3 is 17.8 Å². The summed E-state index contributed by atoms with van der Waals surface area (Å²) in [7, 11) is 2.79. The molecule has 0 N–H and O–H groups in total. The van der Waals surface area contributed by atoms with E-state index in [9.17, 15) is 14.4 Å². The van der Waals surface area contributed by atoms with E-state index in [1.807, 2.05) is 0 Å². The molecule has 1 heterocycles. The van der Waals surface area contributed by atoms with Gasteiger partial charge in [-0.15, -0.1) is 0 Å². The van der Waals surface area contributed by atoms with E-state index >= 15 is 0 Å². The highest BCUT2D eigenvalue weighted by Crippen LogP contribution is 2.34. The molecule has 1 fully saturated rings. The first-order chi connectivity index (χ1) is 11.9. The van der Waals surface area contributed by atoms with E-state index in [-0.39, 0.29) is 10.7 Å². The SMILES string of the molecule is COc1cccc(Oc2ccc(N3C(=O)C(=O)N(C)C3=O)cc2Cl)c1. The van der Waals surface area contributed by atoms with Crippen LogP contribution < -0.4 is 14.4 Å². The largest absolute Gasteiger partial charge is 0.497 e. The molecule has 0 spiro atoms. The summed E-state index contributed by atoms with van der Waals surface area (Å²) in [4.78, 5) is 37.0. The molecular weight excluding hydrogens is 348 g/mol. The predicted molar refractivity (Wildman–Crippen MR) is 90.2 cm³/mol. The molecule has 0 atom stereocenters. The fraction of sp³-hybridized carbons (Fsp3) is 0.118. The Labute approximate surface area is 148 Å². The zero-order valence-electron chi connectivity index (χ0n) is 13.4. The van der Waals surface area contributed by atoms with E-state index in [2.05, 4.69) is 0 Å². The zero-order chi connectivity index (χ0) is 18.1. The Bertz CT molecular complexity index is 883. The molecule has 1 saturated heterocycles. The number of benzene rings is 2. The number of imide groups is 2. The third-order valence-corrected chi connectivity index (χ3v) is 3.91. The van der Waals surface area contributed by atoms with Gasteiger partial charge in [-0.1, -0.05) is 17.7 Å². The molecule has 0 saturated carbocycles. The van der Waals surface area contributed by atoms with Gasteiger partial charge in [0, 0.05) is 13.1 Å². The van der Waals surface area contributed by atoms with Crippen LogP contribution in [0, 0.1) is 0 Å². The van der Waals surface area contributed by atoms with Crippen molar-refractivity contribution in [3.05, 3.63) is 47.5 Å². The first kappa shape index (κ1) is 16.8. The quantitative estimate of drug-likeness (QED) is 0.618. The number of hydrogen-bond donors (Lipinski definition) is 0. The number of carbonyl (C=O) groups is 3. The van der Waals surface area contributed by atoms with Gasteiger partial charge in [0.05, 0.1) is 17.8 Å². The minimum absolute atomic E-state index is 0.183. The first-order valence-corrected chi connectivity index (χ1v) is 7.57. The van der Waals surface area contributed by atoms with E-state index < -0.39 is 17.8 Å². The average molecular weight is 361 g/mol. The predicted octanol–water partition coefficient (Wildman–Crippen LogP) is 3.07. The lowest BCUT2D eigenvalue weighted by molar-refractivity contribution is -0.138. The van der Waals surface area contributed by atoms with Crippen molar-refractivity contribution in [3.8, 4) is 17.2 Å². The van der Waals surface area contributed by atoms with Crippen LogP contribution in [-0.4, -0.2) is 36.9 Å². The standard InChI is InChI=1S/C17H13ClN2O5/c1-19-15(21)16(22)20(17(19)23)10-6-7-14(13(18)8-10)25-12-5-3-4-11(9-12)24-2/h3-9H,1-2H3. The van der Waals surface area contributed by atoms with Crippen LogP contribution in [0.25, 0.3) is 0 Å². The minimum atomic E-state index is -0.926. The number of ether oxygens (including phenoxy) is 2. The topological polar surface area (TPSA) is 76.2 Å². The molecule has 8 heteroatoms. The number of methoxy groups -OCH3 is 1. The van der Waals surface area contributed by atoms with Gasteiger partial charge < -0.3 is 9.47 Å². The Balaban J connectivity index is 1.87. The maximum absolute atomic E-state index is 12.0. The maximum Gasteiger partial charge on any atom is 0.338 e. The van der Waals surface area contributed by atoms with Gasteiger partial charge in [0.1, 0.15) is 17.2 Å². The number of amides is 4. The average Bonchev–Trinajstić information content (AvgIpc) is 2.80. The van der Waals surface area contributed by atoms with Crippen molar-refractivity contribution < 1.29 is 23.9 Å². The molecule has 2 aromatic carbocycles. The van der Waals surface area contributed by atoms with Gasteiger partial charge in [0.15, 0.2) is 0 Å². The van der Waals surface area contributed by atoms with Gasteiger partial charge in [0.25, 0.3) is 0 Å². The van der Waals surface area contributed by atoms with Crippen molar-refractivity contribution in [2.24, 2.45) is 0 Å². The summed E-state index contributed by atoms with van der Waals surface area (Å²) in [5.41, 5.74) is 0.190. The molecule has 3 rings (SSSR count). The number of halogens is 1. The van der Waals surface area contributed by atoms with E-state index in [0.29, 0.717) is 17.2 Å². The number of urea groups is 1. The maximum atomic E-state index is 12.0. The van der Waals surface area contributed by atoms with Crippen LogP contribution >= 0.6 is 11.6 Å². The monoisotopic (exact) mass is 360 g/mol. The van der Waals surface area contributed by atoms with Crippen molar-refractivity contribution >= 4 is 35.1 Å². The first-order valence-electron chi connectivity index (χ1n) is 7.20. The fourth-order valence-corrected chi connectivity index (χ4v) is 2.51. The van der Waals surface area contributed by atoms with Crippen molar-refractivity contribution in [3.63, 3.8) is 0 Å². The van der Waals surface area contributed by atoms with E-state index in [0.717, 1.165) is 9.80 Å². The lowest BCUT2D eigenvalue weighted by Gasteiger charge is -2.15. The van der Waals surface area contributed by atoms with Crippen LogP contribution in [0.5, 0.6) is 17.2 Å². The lowest BCUT2D eigenvalue weighted by atomic mass is 10.2. The van der Waals surface area contributed by atoms with Crippen LogP contribution in [0.4, 0.5) is 10.5 Å². The lowest BCUT2D eigenvalue weighted by Crippen LogP contribution is -2.31. The molecule has 1 aliphatic heterocycles. The molecule has 2 aromatic rings. The fourth-order valence-electron chi connectivity index (χ4n) is 2.29. The number of nitrogens with zero attached hydrogens (tertiary/aromatic N) is 2. The van der Waals surface area contributed by atoms with Gasteiger partial charge in [-0.25, -0.2) is 9.69 Å². The highest BCUT2D eigenvalue weighted by Gasteiger charge is 2.43. The molecule has 25 heavy (non-hydrogen) atoms. The second-order valence-corrected chi connectivity index (χ2v) is 5.59. The summed E-state index contributed by atoms with van der Waals surface area (Å²) in [5.74, 6) is -0.349. The molecule has 0 unspecified atom stereocenters. The van der Waals surface area contributed by atoms with Crippen LogP contribution in [0.1, 0.15) is 0 Å². The molecule has 128 valence electrons. The summed E-state index contributed by atoms with van der Waals surface area (Å²) in [6, 6.07) is 10.6. The Morgan fingerprint density at radius 3 is 2.28 bits per heavy atom. The van der Waals surface area contributed by atoms with Crippen molar-refractivity contribution in [2.75, 3.05) is 19.1 Å². The van der Waals surface area contributed by atoms with Crippen molar-refractivity contribution in [2.45, 2.75) is 0 Å². The third-order valence-electron chi connectivity index (χ3n) is 3.61. The Morgan fingerprint density at radius 1 is 0.960 bits per heavy atom. The normalized spacial score (nSPS) is 14.3. The van der Waals surface area contributed by atoms with Crippen LogP contribution in [0.2, 0.25) is 5.02 Å². The molecular formula is C17H13ClN2O5. The molecule has 0 aromatic heterocycles. The summed E-state index contributed by atoms with van der Waals surface area (Å²) >= 11 is 6.20. The smallest absolute Gasteiger partial charge is 0.338 e. The second kappa shape index (κ2) is 6.45.